The maximum Gasteiger partial charge on any atom is 0.310 e. The molecule has 3 heterocycles. The lowest BCUT2D eigenvalue weighted by molar-refractivity contribution is -0.160. The standard InChI is InChI=1S/C29H48N2O6/c1-8-16-31(27(6,7)19-26(3,4)5)24(34)22-29-15-14-28(9-2,37-29)21(25(35)36)20(29)23(33)30(22)17-12-10-11-13-18-32/h8,20-22,32H,1,9-19H2,2-7H3,(H,35,36)/t20-,21+,22?,28-,29?/m0/s1. The van der Waals surface area contributed by atoms with Crippen molar-refractivity contribution >= 4 is 17.8 Å². The molecule has 0 radical (unpaired) electrons. The third-order valence-electron chi connectivity index (χ3n) is 8.76. The molecule has 1 spiro atoms. The van der Waals surface area contributed by atoms with Crippen LogP contribution in [0.5, 0.6) is 0 Å². The summed E-state index contributed by atoms with van der Waals surface area (Å²) in [5, 5.41) is 19.4. The smallest absolute Gasteiger partial charge is 0.310 e. The molecule has 2 N–H and O–H groups in total. The van der Waals surface area contributed by atoms with Crippen molar-refractivity contribution in [3.8, 4) is 0 Å². The normalized spacial score (nSPS) is 31.1. The summed E-state index contributed by atoms with van der Waals surface area (Å²) < 4.78 is 6.67. The number of carbonyl (C=O) groups is 3. The van der Waals surface area contributed by atoms with Gasteiger partial charge in [0.15, 0.2) is 0 Å². The Kier molecular flexibility index (Phi) is 8.55. The number of amides is 2. The minimum Gasteiger partial charge on any atom is -0.481 e. The van der Waals surface area contributed by atoms with E-state index in [1.165, 1.54) is 0 Å². The van der Waals surface area contributed by atoms with Crippen molar-refractivity contribution in [2.45, 2.75) is 116 Å². The molecule has 2 unspecified atom stereocenters. The highest BCUT2D eigenvalue weighted by Gasteiger charge is 2.79. The fraction of sp³-hybridized carbons (Fsp3) is 0.828. The number of carboxylic acid groups (broad SMARTS) is 1. The number of carbonyl (C=O) groups excluding carboxylic acids is 2. The van der Waals surface area contributed by atoms with Crippen LogP contribution in [-0.2, 0) is 19.1 Å². The maximum absolute atomic E-state index is 14.6. The lowest BCUT2D eigenvalue weighted by atomic mass is 9.65. The molecule has 8 heteroatoms. The number of carboxylic acids is 1. The Morgan fingerprint density at radius 2 is 1.81 bits per heavy atom. The molecule has 8 nitrogen and oxygen atoms in total. The lowest BCUT2D eigenvalue weighted by Gasteiger charge is -2.45. The number of fused-ring (bicyclic) bond motifs is 1. The van der Waals surface area contributed by atoms with E-state index in [1.807, 2.05) is 25.7 Å². The summed E-state index contributed by atoms with van der Waals surface area (Å²) in [6, 6.07) is -0.861. The van der Waals surface area contributed by atoms with Gasteiger partial charge in [-0.2, -0.15) is 0 Å². The molecule has 0 aromatic carbocycles. The number of nitrogens with zero attached hydrogens (tertiary/aromatic N) is 2. The van der Waals surface area contributed by atoms with Crippen LogP contribution in [0.4, 0.5) is 0 Å². The van der Waals surface area contributed by atoms with Crippen LogP contribution >= 0.6 is 0 Å². The van der Waals surface area contributed by atoms with E-state index >= 15 is 0 Å². The third-order valence-corrected chi connectivity index (χ3v) is 8.76. The topological polar surface area (TPSA) is 107 Å². The molecule has 2 amide bonds. The SMILES string of the molecule is C=CCN(C(=O)C1N(CCCCCCO)C(=O)[C@@H]2[C@H](C(=O)O)[C@]3(CC)CCC12O3)C(C)(C)CC(C)(C)C. The van der Waals surface area contributed by atoms with Crippen LogP contribution in [0.2, 0.25) is 0 Å². The molecule has 0 aromatic rings. The zero-order chi connectivity index (χ0) is 27.8. The summed E-state index contributed by atoms with van der Waals surface area (Å²) in [5.41, 5.74) is -2.60. The number of unbranched alkanes of at least 4 members (excludes halogenated alkanes) is 3. The largest absolute Gasteiger partial charge is 0.481 e. The summed E-state index contributed by atoms with van der Waals surface area (Å²) in [5.74, 6) is -3.28. The first-order valence-corrected chi connectivity index (χ1v) is 14.0. The summed E-state index contributed by atoms with van der Waals surface area (Å²) in [7, 11) is 0. The second-order valence-corrected chi connectivity index (χ2v) is 13.1. The number of aliphatic carboxylic acids is 1. The fourth-order valence-electron chi connectivity index (χ4n) is 7.67. The molecule has 2 bridgehead atoms. The van der Waals surface area contributed by atoms with Crippen LogP contribution in [0, 0.1) is 17.3 Å². The lowest BCUT2D eigenvalue weighted by Crippen LogP contribution is -2.61. The number of hydrogen-bond acceptors (Lipinski definition) is 5. The van der Waals surface area contributed by atoms with Crippen molar-refractivity contribution in [1.82, 2.24) is 9.80 Å². The Bertz CT molecular complexity index is 895. The monoisotopic (exact) mass is 520 g/mol. The quantitative estimate of drug-likeness (QED) is 0.281. The number of rotatable bonds is 13. The first-order valence-electron chi connectivity index (χ1n) is 14.0. The predicted octanol–water partition coefficient (Wildman–Crippen LogP) is 4.01. The summed E-state index contributed by atoms with van der Waals surface area (Å²) >= 11 is 0. The third kappa shape index (κ3) is 5.20. The Hall–Kier alpha value is -1.93. The average Bonchev–Trinajstić information content (AvgIpc) is 3.39. The number of hydrogen-bond donors (Lipinski definition) is 2. The summed E-state index contributed by atoms with van der Waals surface area (Å²) in [4.78, 5) is 44.5. The van der Waals surface area contributed by atoms with Crippen molar-refractivity contribution in [3.63, 3.8) is 0 Å². The van der Waals surface area contributed by atoms with E-state index in [4.69, 9.17) is 9.84 Å². The molecule has 3 saturated heterocycles. The van der Waals surface area contributed by atoms with Crippen LogP contribution in [-0.4, -0.2) is 80.3 Å². The number of aliphatic hydroxyl groups excluding tert-OH is 1. The molecule has 3 aliphatic rings. The van der Waals surface area contributed by atoms with Gasteiger partial charge in [-0.25, -0.2) is 0 Å². The molecule has 3 aliphatic heterocycles. The van der Waals surface area contributed by atoms with Gasteiger partial charge in [-0.15, -0.1) is 6.58 Å². The second kappa shape index (κ2) is 10.7. The highest BCUT2D eigenvalue weighted by Crippen LogP contribution is 2.64. The molecule has 0 aliphatic carbocycles. The number of likely N-dealkylation sites (tertiary alicyclic amines) is 1. The highest BCUT2D eigenvalue weighted by atomic mass is 16.5. The van der Waals surface area contributed by atoms with E-state index < -0.39 is 40.6 Å². The van der Waals surface area contributed by atoms with Crippen molar-refractivity contribution in [2.75, 3.05) is 19.7 Å². The molecule has 0 saturated carbocycles. The van der Waals surface area contributed by atoms with E-state index in [2.05, 4.69) is 27.4 Å². The minimum atomic E-state index is -1.13. The van der Waals surface area contributed by atoms with E-state index in [1.54, 1.807) is 11.0 Å². The number of aliphatic hydroxyl groups is 1. The molecule has 3 rings (SSSR count). The van der Waals surface area contributed by atoms with Gasteiger partial charge in [-0.05, 0) is 57.8 Å². The Morgan fingerprint density at radius 3 is 2.35 bits per heavy atom. The minimum absolute atomic E-state index is 0.0368. The molecule has 37 heavy (non-hydrogen) atoms. The highest BCUT2D eigenvalue weighted by molar-refractivity contribution is 5.98. The zero-order valence-electron chi connectivity index (χ0n) is 23.7. The van der Waals surface area contributed by atoms with Crippen LogP contribution in [0.1, 0.15) is 92.9 Å². The van der Waals surface area contributed by atoms with Gasteiger partial charge >= 0.3 is 5.97 Å². The molecular formula is C29H48N2O6. The van der Waals surface area contributed by atoms with Gasteiger partial charge in [0.25, 0.3) is 0 Å². The van der Waals surface area contributed by atoms with Gasteiger partial charge in [-0.1, -0.05) is 46.6 Å². The molecule has 0 aromatic heterocycles. The Balaban J connectivity index is 2.05. The van der Waals surface area contributed by atoms with Crippen LogP contribution < -0.4 is 0 Å². The fourth-order valence-corrected chi connectivity index (χ4v) is 7.67. The van der Waals surface area contributed by atoms with Gasteiger partial charge < -0.3 is 24.7 Å². The summed E-state index contributed by atoms with van der Waals surface area (Å²) in [6.45, 7) is 17.2. The van der Waals surface area contributed by atoms with Crippen molar-refractivity contribution in [2.24, 2.45) is 17.3 Å². The Morgan fingerprint density at radius 1 is 1.16 bits per heavy atom. The van der Waals surface area contributed by atoms with E-state index in [-0.39, 0.29) is 23.8 Å². The van der Waals surface area contributed by atoms with Gasteiger partial charge in [0, 0.05) is 25.2 Å². The van der Waals surface area contributed by atoms with Crippen molar-refractivity contribution in [3.05, 3.63) is 12.7 Å². The average molecular weight is 521 g/mol. The van der Waals surface area contributed by atoms with Gasteiger partial charge in [0.1, 0.15) is 17.6 Å². The van der Waals surface area contributed by atoms with E-state index in [9.17, 15) is 19.5 Å². The van der Waals surface area contributed by atoms with Crippen LogP contribution in [0.15, 0.2) is 12.7 Å². The van der Waals surface area contributed by atoms with Crippen LogP contribution in [0.25, 0.3) is 0 Å². The molecule has 3 fully saturated rings. The van der Waals surface area contributed by atoms with Gasteiger partial charge in [-0.3, -0.25) is 14.4 Å². The van der Waals surface area contributed by atoms with Gasteiger partial charge in [0.05, 0.1) is 11.5 Å². The maximum atomic E-state index is 14.6. The first-order chi connectivity index (χ1) is 17.2. The van der Waals surface area contributed by atoms with E-state index in [0.29, 0.717) is 45.2 Å². The zero-order valence-corrected chi connectivity index (χ0v) is 23.7. The van der Waals surface area contributed by atoms with Gasteiger partial charge in [0.2, 0.25) is 11.8 Å². The van der Waals surface area contributed by atoms with E-state index in [0.717, 1.165) is 19.3 Å². The second-order valence-electron chi connectivity index (χ2n) is 13.1. The van der Waals surface area contributed by atoms with Crippen LogP contribution in [0.3, 0.4) is 0 Å². The molecular weight excluding hydrogens is 472 g/mol. The van der Waals surface area contributed by atoms with Crippen molar-refractivity contribution in [1.29, 1.82) is 0 Å². The Labute approximate surface area is 222 Å². The van der Waals surface area contributed by atoms with Crippen molar-refractivity contribution < 1.29 is 29.3 Å². The summed E-state index contributed by atoms with van der Waals surface area (Å²) in [6.07, 6.45) is 7.01. The predicted molar refractivity (Wildman–Crippen MR) is 142 cm³/mol. The molecule has 5 atom stereocenters. The molecule has 210 valence electrons. The first kappa shape index (κ1) is 29.6. The number of ether oxygens (including phenoxy) is 1.